The van der Waals surface area contributed by atoms with Gasteiger partial charge in [-0.3, -0.25) is 14.7 Å². The van der Waals surface area contributed by atoms with Crippen LogP contribution in [0.3, 0.4) is 0 Å². The molecule has 0 bridgehead atoms. The second-order valence-corrected chi connectivity index (χ2v) is 9.97. The van der Waals surface area contributed by atoms with Gasteiger partial charge in [-0.1, -0.05) is 18.2 Å². The van der Waals surface area contributed by atoms with Crippen LogP contribution >= 0.6 is 0 Å². The minimum atomic E-state index is -3.95. The third kappa shape index (κ3) is 4.61. The lowest BCUT2D eigenvalue weighted by Gasteiger charge is -2.18. The van der Waals surface area contributed by atoms with Crippen LogP contribution in [0.4, 0.5) is 10.1 Å². The second kappa shape index (κ2) is 9.10. The number of nitrogens with zero attached hydrogens (tertiary/aromatic N) is 2. The van der Waals surface area contributed by atoms with Crippen LogP contribution in [0.1, 0.15) is 27.2 Å². The minimum Gasteiger partial charge on any atom is -0.340 e. The first kappa shape index (κ1) is 23.0. The third-order valence-corrected chi connectivity index (χ3v) is 7.35. The average molecular weight is 496 g/mol. The Kier molecular flexibility index (Phi) is 5.97. The predicted octanol–water partition coefficient (Wildman–Crippen LogP) is 2.79. The molecule has 11 heteroatoms. The quantitative estimate of drug-likeness (QED) is 0.241. The summed E-state index contributed by atoms with van der Waals surface area (Å²) in [6.45, 7) is 1.76. The Labute approximate surface area is 200 Å². The van der Waals surface area contributed by atoms with Crippen LogP contribution in [0.2, 0.25) is 0 Å². The molecule has 1 amide bonds. The molecule has 3 heterocycles. The van der Waals surface area contributed by atoms with Gasteiger partial charge in [-0.15, -0.1) is 0 Å². The molecule has 0 saturated heterocycles. The molecule has 2 aromatic heterocycles. The fourth-order valence-electron chi connectivity index (χ4n) is 4.20. The monoisotopic (exact) mass is 495 g/mol. The van der Waals surface area contributed by atoms with Gasteiger partial charge in [0.15, 0.2) is 0 Å². The summed E-state index contributed by atoms with van der Waals surface area (Å²) in [6.07, 6.45) is 3.86. The van der Waals surface area contributed by atoms with Gasteiger partial charge in [0.05, 0.1) is 22.3 Å². The van der Waals surface area contributed by atoms with E-state index in [0.29, 0.717) is 24.0 Å². The Bertz CT molecular complexity index is 1530. The molecular weight excluding hydrogens is 473 g/mol. The van der Waals surface area contributed by atoms with Crippen LogP contribution in [0.15, 0.2) is 65.8 Å². The number of nitrogens with one attached hydrogen (secondary N) is 3. The molecule has 0 atom stereocenters. The first-order valence-corrected chi connectivity index (χ1v) is 12.4. The van der Waals surface area contributed by atoms with Crippen molar-refractivity contribution in [2.75, 3.05) is 11.3 Å². The summed E-state index contributed by atoms with van der Waals surface area (Å²) in [4.78, 5) is 16.1. The number of rotatable bonds is 6. The zero-order chi connectivity index (χ0) is 24.6. The van der Waals surface area contributed by atoms with Crippen molar-refractivity contribution in [3.8, 4) is 0 Å². The number of carbonyl (C=O) groups excluding carboxylic acids is 1. The molecule has 0 aliphatic carbocycles. The number of pyridine rings is 1. The van der Waals surface area contributed by atoms with Crippen LogP contribution in [0.5, 0.6) is 0 Å². The van der Waals surface area contributed by atoms with Gasteiger partial charge in [0.2, 0.25) is 0 Å². The lowest BCUT2D eigenvalue weighted by Crippen LogP contribution is -2.24. The molecular formula is C24H22FN5O4S. The molecule has 0 spiro atoms. The summed E-state index contributed by atoms with van der Waals surface area (Å²) >= 11 is 0. The number of hydroxylamine groups is 1. The van der Waals surface area contributed by atoms with Gasteiger partial charge >= 0.3 is 0 Å². The summed E-state index contributed by atoms with van der Waals surface area (Å²) < 4.78 is 44.3. The Balaban J connectivity index is 1.56. The number of hydrogen-bond acceptors (Lipinski definition) is 6. The van der Waals surface area contributed by atoms with Gasteiger partial charge < -0.3 is 9.88 Å². The number of sulfonamides is 1. The summed E-state index contributed by atoms with van der Waals surface area (Å²) in [7, 11) is -3.95. The van der Waals surface area contributed by atoms with E-state index in [2.05, 4.69) is 15.0 Å². The Hall–Kier alpha value is -3.80. The van der Waals surface area contributed by atoms with Gasteiger partial charge in [-0.2, -0.15) is 0 Å². The standard InChI is InChI=1S/C24H22FN5O4S/c25-18-4-1-15(2-5-18)13-30-14-22(20-10-21(24(31)28-32)27-12-23(20)30)29-35(33,34)19-6-3-16-7-8-26-11-17(16)9-19/h1-6,9-10,12,14,26,29,32H,7-8,11,13H2,(H,28,31). The number of amides is 1. The fourth-order valence-corrected chi connectivity index (χ4v) is 5.31. The van der Waals surface area contributed by atoms with Gasteiger partial charge in [-0.05, 0) is 60.0 Å². The van der Waals surface area contributed by atoms with Gasteiger partial charge in [0.25, 0.3) is 15.9 Å². The van der Waals surface area contributed by atoms with Crippen LogP contribution < -0.4 is 15.5 Å². The van der Waals surface area contributed by atoms with Gasteiger partial charge in [0.1, 0.15) is 11.5 Å². The van der Waals surface area contributed by atoms with Crippen molar-refractivity contribution < 1.29 is 22.8 Å². The Morgan fingerprint density at radius 1 is 1.14 bits per heavy atom. The van der Waals surface area contributed by atoms with Crippen LogP contribution in [-0.4, -0.2) is 35.6 Å². The second-order valence-electron chi connectivity index (χ2n) is 8.29. The normalized spacial score (nSPS) is 13.4. The maximum atomic E-state index is 13.3. The van der Waals surface area contributed by atoms with Crippen molar-refractivity contribution in [2.24, 2.45) is 0 Å². The van der Waals surface area contributed by atoms with Crippen molar-refractivity contribution in [1.82, 2.24) is 20.3 Å². The van der Waals surface area contributed by atoms with Crippen LogP contribution in [-0.2, 0) is 29.5 Å². The lowest BCUT2D eigenvalue weighted by atomic mass is 10.0. The summed E-state index contributed by atoms with van der Waals surface area (Å²) in [5, 5.41) is 12.7. The molecule has 0 unspecified atom stereocenters. The van der Waals surface area contributed by atoms with E-state index in [1.807, 2.05) is 6.07 Å². The highest BCUT2D eigenvalue weighted by Crippen LogP contribution is 2.30. The lowest BCUT2D eigenvalue weighted by molar-refractivity contribution is 0.0701. The van der Waals surface area contributed by atoms with E-state index in [9.17, 15) is 17.6 Å². The number of carbonyl (C=O) groups is 1. The number of anilines is 1. The van der Waals surface area contributed by atoms with Crippen molar-refractivity contribution in [2.45, 2.75) is 24.4 Å². The maximum absolute atomic E-state index is 13.3. The van der Waals surface area contributed by atoms with E-state index >= 15 is 0 Å². The minimum absolute atomic E-state index is 0.0835. The highest BCUT2D eigenvalue weighted by molar-refractivity contribution is 7.92. The van der Waals surface area contributed by atoms with Crippen molar-refractivity contribution in [3.63, 3.8) is 0 Å². The van der Waals surface area contributed by atoms with E-state index in [0.717, 1.165) is 29.7 Å². The van der Waals surface area contributed by atoms with E-state index < -0.39 is 15.9 Å². The highest BCUT2D eigenvalue weighted by Gasteiger charge is 2.21. The Morgan fingerprint density at radius 2 is 1.94 bits per heavy atom. The molecule has 180 valence electrons. The molecule has 5 rings (SSSR count). The topological polar surface area (TPSA) is 125 Å². The molecule has 0 saturated carbocycles. The number of halogens is 1. The predicted molar refractivity (Wildman–Crippen MR) is 127 cm³/mol. The first-order chi connectivity index (χ1) is 16.8. The zero-order valence-electron chi connectivity index (χ0n) is 18.5. The largest absolute Gasteiger partial charge is 0.340 e. The molecule has 4 N–H and O–H groups in total. The molecule has 35 heavy (non-hydrogen) atoms. The van der Waals surface area contributed by atoms with E-state index in [1.54, 1.807) is 35.0 Å². The smallest absolute Gasteiger partial charge is 0.293 e. The van der Waals surface area contributed by atoms with Gasteiger partial charge in [0, 0.05) is 24.7 Å². The van der Waals surface area contributed by atoms with E-state index in [1.165, 1.54) is 29.9 Å². The summed E-state index contributed by atoms with van der Waals surface area (Å²) in [5.41, 5.74) is 5.08. The molecule has 1 aliphatic rings. The first-order valence-electron chi connectivity index (χ1n) is 10.9. The highest BCUT2D eigenvalue weighted by atomic mass is 32.2. The summed E-state index contributed by atoms with van der Waals surface area (Å²) in [5.74, 6) is -1.18. The third-order valence-electron chi connectivity index (χ3n) is 5.99. The number of fused-ring (bicyclic) bond motifs is 2. The van der Waals surface area contributed by atoms with E-state index in [4.69, 9.17) is 5.21 Å². The van der Waals surface area contributed by atoms with Crippen LogP contribution in [0.25, 0.3) is 10.9 Å². The number of aromatic nitrogens is 2. The molecule has 2 aromatic carbocycles. The average Bonchev–Trinajstić information content (AvgIpc) is 3.20. The van der Waals surface area contributed by atoms with Crippen LogP contribution in [0, 0.1) is 5.82 Å². The molecule has 9 nitrogen and oxygen atoms in total. The van der Waals surface area contributed by atoms with Crippen molar-refractivity contribution >= 4 is 32.5 Å². The molecule has 0 radical (unpaired) electrons. The van der Waals surface area contributed by atoms with Gasteiger partial charge in [-0.25, -0.2) is 23.3 Å². The summed E-state index contributed by atoms with van der Waals surface area (Å²) in [6, 6.07) is 12.4. The number of hydrogen-bond donors (Lipinski definition) is 4. The Morgan fingerprint density at radius 3 is 2.71 bits per heavy atom. The van der Waals surface area contributed by atoms with Crippen molar-refractivity contribution in [3.05, 3.63) is 89.1 Å². The van der Waals surface area contributed by atoms with E-state index in [-0.39, 0.29) is 22.1 Å². The van der Waals surface area contributed by atoms with Crippen molar-refractivity contribution in [1.29, 1.82) is 0 Å². The molecule has 0 fully saturated rings. The zero-order valence-corrected chi connectivity index (χ0v) is 19.3. The molecule has 1 aliphatic heterocycles. The maximum Gasteiger partial charge on any atom is 0.293 e. The molecule has 4 aromatic rings. The fraction of sp³-hybridized carbons (Fsp3) is 0.167. The number of benzene rings is 2. The SMILES string of the molecule is O=C(NO)c1cc2c(NS(=O)(=O)c3ccc4c(c3)CNCC4)cn(Cc3ccc(F)cc3)c2cn1.